The van der Waals surface area contributed by atoms with Crippen LogP contribution < -0.4 is 9.47 Å². The van der Waals surface area contributed by atoms with Crippen LogP contribution in [0.1, 0.15) is 32.0 Å². The van der Waals surface area contributed by atoms with Gasteiger partial charge in [-0.05, 0) is 59.2 Å². The van der Waals surface area contributed by atoms with Crippen molar-refractivity contribution in [1.82, 2.24) is 4.98 Å². The van der Waals surface area contributed by atoms with Crippen molar-refractivity contribution in [3.05, 3.63) is 101 Å². The number of hydrogen-bond acceptors (Lipinski definition) is 7. The van der Waals surface area contributed by atoms with Crippen LogP contribution in [0.5, 0.6) is 23.0 Å². The van der Waals surface area contributed by atoms with E-state index < -0.39 is 0 Å². The maximum Gasteiger partial charge on any atom is 0.153 e. The lowest BCUT2D eigenvalue weighted by Gasteiger charge is -2.10. The summed E-state index contributed by atoms with van der Waals surface area (Å²) in [6, 6.07) is 20.7. The fourth-order valence-electron chi connectivity index (χ4n) is 3.33. The molecule has 0 spiro atoms. The van der Waals surface area contributed by atoms with Crippen molar-refractivity contribution in [3.8, 4) is 34.1 Å². The van der Waals surface area contributed by atoms with E-state index in [1.807, 2.05) is 36.4 Å². The van der Waals surface area contributed by atoms with E-state index in [0.717, 1.165) is 16.7 Å². The van der Waals surface area contributed by atoms with E-state index >= 15 is 0 Å². The fraction of sp³-hybridized carbons (Fsp3) is 0.0741. The van der Waals surface area contributed by atoms with Crippen molar-refractivity contribution in [2.75, 3.05) is 0 Å². The maximum atomic E-state index is 10.8. The van der Waals surface area contributed by atoms with Gasteiger partial charge in [0, 0.05) is 18.3 Å². The molecule has 0 radical (unpaired) electrons. The molecule has 0 saturated heterocycles. The lowest BCUT2D eigenvalue weighted by atomic mass is 10.0. The van der Waals surface area contributed by atoms with Gasteiger partial charge in [-0.15, -0.1) is 0 Å². The Labute approximate surface area is 195 Å². The second-order valence-electron chi connectivity index (χ2n) is 7.49. The molecule has 0 amide bonds. The third kappa shape index (κ3) is 5.39. The van der Waals surface area contributed by atoms with Crippen molar-refractivity contribution < 1.29 is 29.3 Å². The molecule has 0 fully saturated rings. The second kappa shape index (κ2) is 10.3. The molecular weight excluding hydrogens is 434 g/mol. The first kappa shape index (κ1) is 22.5. The van der Waals surface area contributed by atoms with E-state index in [-0.39, 0.29) is 35.8 Å². The summed E-state index contributed by atoms with van der Waals surface area (Å²) in [6.45, 7) is 0.478. The number of carbonyl (C=O) groups is 2. The summed E-state index contributed by atoms with van der Waals surface area (Å²) in [5.41, 5.74) is 3.95. The molecule has 170 valence electrons. The SMILES string of the molecule is O=Cc1ccc(OCc2cccc(-c3ccnc(COc4ccc(C=O)c(O)c4)c3)c2)cc1O. The number of ether oxygens (including phenoxy) is 2. The number of aromatic hydroxyl groups is 2. The Morgan fingerprint density at radius 3 is 1.94 bits per heavy atom. The summed E-state index contributed by atoms with van der Waals surface area (Å²) in [5, 5.41) is 19.6. The summed E-state index contributed by atoms with van der Waals surface area (Å²) in [7, 11) is 0. The molecule has 3 aromatic carbocycles. The van der Waals surface area contributed by atoms with Crippen LogP contribution in [-0.2, 0) is 13.2 Å². The van der Waals surface area contributed by atoms with E-state index in [0.29, 0.717) is 29.8 Å². The molecular formula is C27H21NO6. The number of aldehydes is 2. The van der Waals surface area contributed by atoms with E-state index in [1.54, 1.807) is 18.3 Å². The molecule has 0 unspecified atom stereocenters. The van der Waals surface area contributed by atoms with Gasteiger partial charge in [0.1, 0.15) is 36.2 Å². The molecule has 1 aromatic heterocycles. The lowest BCUT2D eigenvalue weighted by Crippen LogP contribution is -1.99. The molecule has 1 heterocycles. The van der Waals surface area contributed by atoms with Gasteiger partial charge in [0.05, 0.1) is 16.8 Å². The van der Waals surface area contributed by atoms with Crippen LogP contribution in [0.3, 0.4) is 0 Å². The Morgan fingerprint density at radius 2 is 1.32 bits per heavy atom. The highest BCUT2D eigenvalue weighted by molar-refractivity contribution is 5.80. The summed E-state index contributed by atoms with van der Waals surface area (Å²) in [4.78, 5) is 26.0. The minimum absolute atomic E-state index is 0.123. The van der Waals surface area contributed by atoms with Gasteiger partial charge < -0.3 is 19.7 Å². The monoisotopic (exact) mass is 455 g/mol. The highest BCUT2D eigenvalue weighted by Gasteiger charge is 2.07. The zero-order valence-corrected chi connectivity index (χ0v) is 18.0. The molecule has 4 rings (SSSR count). The zero-order chi connectivity index (χ0) is 23.9. The molecule has 0 aliphatic heterocycles. The predicted molar refractivity (Wildman–Crippen MR) is 125 cm³/mol. The number of nitrogens with zero attached hydrogens (tertiary/aromatic N) is 1. The predicted octanol–water partition coefficient (Wildman–Crippen LogP) is 4.94. The van der Waals surface area contributed by atoms with Crippen LogP contribution >= 0.6 is 0 Å². The molecule has 7 heteroatoms. The summed E-state index contributed by atoms with van der Waals surface area (Å²) in [5.74, 6) is 0.636. The Bertz CT molecular complexity index is 1230. The molecule has 0 aliphatic carbocycles. The highest BCUT2D eigenvalue weighted by Crippen LogP contribution is 2.26. The molecule has 2 N–H and O–H groups in total. The summed E-state index contributed by atoms with van der Waals surface area (Å²) < 4.78 is 11.5. The Balaban J connectivity index is 1.43. The molecule has 34 heavy (non-hydrogen) atoms. The molecule has 4 aromatic rings. The first-order valence-corrected chi connectivity index (χ1v) is 10.4. The number of carbonyl (C=O) groups excluding carboxylic acids is 2. The van der Waals surface area contributed by atoms with Crippen LogP contribution in [0, 0.1) is 0 Å². The quantitative estimate of drug-likeness (QED) is 0.344. The molecule has 0 aliphatic rings. The van der Waals surface area contributed by atoms with Gasteiger partial charge in [0.15, 0.2) is 12.6 Å². The van der Waals surface area contributed by atoms with Crippen molar-refractivity contribution in [2.45, 2.75) is 13.2 Å². The van der Waals surface area contributed by atoms with Gasteiger partial charge in [-0.3, -0.25) is 14.6 Å². The van der Waals surface area contributed by atoms with Crippen molar-refractivity contribution >= 4 is 12.6 Å². The van der Waals surface area contributed by atoms with Crippen LogP contribution in [0.4, 0.5) is 0 Å². The third-order valence-corrected chi connectivity index (χ3v) is 5.13. The number of phenolic OH excluding ortho intramolecular Hbond substituents is 2. The van der Waals surface area contributed by atoms with E-state index in [9.17, 15) is 19.8 Å². The van der Waals surface area contributed by atoms with Crippen LogP contribution in [0.2, 0.25) is 0 Å². The molecule has 0 atom stereocenters. The maximum absolute atomic E-state index is 10.8. The van der Waals surface area contributed by atoms with Gasteiger partial charge in [-0.1, -0.05) is 18.2 Å². The number of phenols is 2. The number of aromatic nitrogens is 1. The minimum Gasteiger partial charge on any atom is -0.507 e. The van der Waals surface area contributed by atoms with Crippen LogP contribution in [-0.4, -0.2) is 27.8 Å². The van der Waals surface area contributed by atoms with E-state index in [4.69, 9.17) is 9.47 Å². The molecule has 0 saturated carbocycles. The zero-order valence-electron chi connectivity index (χ0n) is 18.0. The first-order valence-electron chi connectivity index (χ1n) is 10.4. The second-order valence-corrected chi connectivity index (χ2v) is 7.49. The van der Waals surface area contributed by atoms with Gasteiger partial charge in [0.25, 0.3) is 0 Å². The normalized spacial score (nSPS) is 10.5. The lowest BCUT2D eigenvalue weighted by molar-refractivity contribution is 0.111. The average molecular weight is 455 g/mol. The van der Waals surface area contributed by atoms with Gasteiger partial charge in [0.2, 0.25) is 0 Å². The molecule has 0 bridgehead atoms. The summed E-state index contributed by atoms with van der Waals surface area (Å²) in [6.07, 6.45) is 2.86. The molecule has 7 nitrogen and oxygen atoms in total. The average Bonchev–Trinajstić information content (AvgIpc) is 2.87. The topological polar surface area (TPSA) is 106 Å². The highest BCUT2D eigenvalue weighted by atomic mass is 16.5. The van der Waals surface area contributed by atoms with Gasteiger partial charge in [-0.2, -0.15) is 0 Å². The first-order chi connectivity index (χ1) is 16.6. The van der Waals surface area contributed by atoms with E-state index in [1.165, 1.54) is 24.3 Å². The van der Waals surface area contributed by atoms with Crippen molar-refractivity contribution in [3.63, 3.8) is 0 Å². The van der Waals surface area contributed by atoms with Crippen molar-refractivity contribution in [1.29, 1.82) is 0 Å². The summed E-state index contributed by atoms with van der Waals surface area (Å²) >= 11 is 0. The Kier molecular flexibility index (Phi) is 6.84. The number of benzene rings is 3. The Hall–Kier alpha value is -4.65. The van der Waals surface area contributed by atoms with Gasteiger partial charge >= 0.3 is 0 Å². The number of pyridine rings is 1. The smallest absolute Gasteiger partial charge is 0.153 e. The fourth-order valence-corrected chi connectivity index (χ4v) is 3.33. The number of hydrogen-bond donors (Lipinski definition) is 2. The van der Waals surface area contributed by atoms with E-state index in [2.05, 4.69) is 4.98 Å². The van der Waals surface area contributed by atoms with Crippen molar-refractivity contribution in [2.24, 2.45) is 0 Å². The minimum atomic E-state index is -0.136. The largest absolute Gasteiger partial charge is 0.507 e. The Morgan fingerprint density at radius 1 is 0.706 bits per heavy atom. The van der Waals surface area contributed by atoms with Crippen LogP contribution in [0.25, 0.3) is 11.1 Å². The van der Waals surface area contributed by atoms with Gasteiger partial charge in [-0.25, -0.2) is 0 Å². The van der Waals surface area contributed by atoms with Crippen LogP contribution in [0.15, 0.2) is 79.0 Å². The standard InChI is InChI=1S/C27H21NO6/c29-14-21-4-6-24(12-26(21)31)33-16-18-2-1-3-19(10-18)20-8-9-28-23(11-20)17-34-25-7-5-22(15-30)27(32)13-25/h1-15,31-32H,16-17H2. The number of rotatable bonds is 9. The third-order valence-electron chi connectivity index (χ3n) is 5.13.